The molecule has 3 aromatic rings. The number of hydrogen-bond acceptors (Lipinski definition) is 5. The van der Waals surface area contributed by atoms with Crippen LogP contribution in [-0.4, -0.2) is 22.6 Å². The minimum absolute atomic E-state index is 0.0578. The molecule has 1 amide bonds. The quantitative estimate of drug-likeness (QED) is 0.220. The minimum atomic E-state index is -4.96. The van der Waals surface area contributed by atoms with Gasteiger partial charge in [0.2, 0.25) is 11.7 Å². The molecule has 0 aliphatic heterocycles. The number of carbonyl (C=O) groups is 1. The molecule has 0 spiro atoms. The van der Waals surface area contributed by atoms with Crippen molar-refractivity contribution in [3.63, 3.8) is 0 Å². The molecule has 0 aliphatic rings. The second-order valence-corrected chi connectivity index (χ2v) is 7.58. The lowest BCUT2D eigenvalue weighted by molar-refractivity contribution is -0.153. The molecule has 0 radical (unpaired) electrons. The van der Waals surface area contributed by atoms with Crippen molar-refractivity contribution in [1.29, 1.82) is 0 Å². The van der Waals surface area contributed by atoms with Gasteiger partial charge >= 0.3 is 6.18 Å². The van der Waals surface area contributed by atoms with Crippen LogP contribution in [0.2, 0.25) is 0 Å². The first-order valence-corrected chi connectivity index (χ1v) is 10.8. The highest BCUT2D eigenvalue weighted by Gasteiger charge is 2.42. The molecule has 2 N–H and O–H groups in total. The monoisotopic (exact) mass is 495 g/mol. The number of ether oxygens (including phenoxy) is 1. The molecule has 0 atom stereocenters. The number of benzene rings is 2. The Morgan fingerprint density at radius 1 is 1.15 bits per heavy atom. The van der Waals surface area contributed by atoms with Gasteiger partial charge in [-0.3, -0.25) is 10.1 Å². The van der Waals surface area contributed by atoms with Crippen LogP contribution in [0.4, 0.5) is 23.2 Å². The van der Waals surface area contributed by atoms with Gasteiger partial charge in [0.05, 0.1) is 6.61 Å². The Hall–Kier alpha value is -3.47. The van der Waals surface area contributed by atoms with Crippen molar-refractivity contribution < 1.29 is 31.5 Å². The molecule has 0 bridgehead atoms. The number of oxazole rings is 1. The average molecular weight is 495 g/mol. The first kappa shape index (κ1) is 25.2. The Morgan fingerprint density at radius 3 is 2.53 bits per heavy atom. The van der Waals surface area contributed by atoms with Crippen LogP contribution in [0.25, 0.3) is 11.5 Å². The SMILES string of the molecule is CCCCCOc1ccc(NC(=S)NC(=O)c2nc(-c3ccccc3)oc2C(F)(F)F)cc1F. The molecule has 1 aromatic heterocycles. The van der Waals surface area contributed by atoms with E-state index in [2.05, 4.69) is 15.6 Å². The Morgan fingerprint density at radius 2 is 1.88 bits per heavy atom. The maximum Gasteiger partial charge on any atom is 0.452 e. The van der Waals surface area contributed by atoms with E-state index in [1.807, 2.05) is 6.92 Å². The van der Waals surface area contributed by atoms with Crippen molar-refractivity contribution in [3.8, 4) is 17.2 Å². The first-order chi connectivity index (χ1) is 16.2. The van der Waals surface area contributed by atoms with Crippen LogP contribution >= 0.6 is 12.2 Å². The molecular weight excluding hydrogens is 474 g/mol. The van der Waals surface area contributed by atoms with E-state index >= 15 is 0 Å². The van der Waals surface area contributed by atoms with Crippen molar-refractivity contribution in [3.05, 3.63) is 65.8 Å². The number of hydrogen-bond donors (Lipinski definition) is 2. The lowest BCUT2D eigenvalue weighted by Gasteiger charge is -2.11. The van der Waals surface area contributed by atoms with Crippen LogP contribution in [0, 0.1) is 5.82 Å². The molecule has 6 nitrogen and oxygen atoms in total. The molecule has 180 valence electrons. The number of nitrogens with zero attached hydrogens (tertiary/aromatic N) is 1. The molecule has 2 aromatic carbocycles. The summed E-state index contributed by atoms with van der Waals surface area (Å²) < 4.78 is 64.7. The molecule has 0 saturated heterocycles. The summed E-state index contributed by atoms with van der Waals surface area (Å²) in [7, 11) is 0. The third-order valence-electron chi connectivity index (χ3n) is 4.54. The van der Waals surface area contributed by atoms with Gasteiger partial charge in [-0.25, -0.2) is 9.37 Å². The molecule has 34 heavy (non-hydrogen) atoms. The van der Waals surface area contributed by atoms with Gasteiger partial charge in [0, 0.05) is 17.3 Å². The smallest absolute Gasteiger partial charge is 0.452 e. The number of aromatic nitrogens is 1. The second kappa shape index (κ2) is 11.1. The zero-order chi connectivity index (χ0) is 24.7. The lowest BCUT2D eigenvalue weighted by atomic mass is 10.2. The van der Waals surface area contributed by atoms with Gasteiger partial charge in [0.1, 0.15) is 0 Å². The van der Waals surface area contributed by atoms with Crippen molar-refractivity contribution in [2.45, 2.75) is 32.4 Å². The number of nitrogens with one attached hydrogen (secondary N) is 2. The van der Waals surface area contributed by atoms with Crippen LogP contribution in [-0.2, 0) is 6.18 Å². The van der Waals surface area contributed by atoms with E-state index in [1.165, 1.54) is 24.3 Å². The predicted molar refractivity (Wildman–Crippen MR) is 122 cm³/mol. The van der Waals surface area contributed by atoms with E-state index in [9.17, 15) is 22.4 Å². The Balaban J connectivity index is 1.69. The van der Waals surface area contributed by atoms with Crippen molar-refractivity contribution in [2.24, 2.45) is 0 Å². The summed E-state index contributed by atoms with van der Waals surface area (Å²) in [6, 6.07) is 11.8. The zero-order valence-electron chi connectivity index (χ0n) is 18.0. The summed E-state index contributed by atoms with van der Waals surface area (Å²) in [5, 5.41) is 4.31. The number of halogens is 4. The number of amides is 1. The lowest BCUT2D eigenvalue weighted by Crippen LogP contribution is -2.35. The number of alkyl halides is 3. The Labute approximate surface area is 198 Å². The van der Waals surface area contributed by atoms with Crippen LogP contribution in [0.1, 0.15) is 42.4 Å². The standard InChI is InChI=1S/C23H21F4N3O3S/c1-2-3-7-12-32-17-11-10-15(13-16(17)24)28-22(34)30-20(31)18-19(23(25,26)27)33-21(29-18)14-8-5-4-6-9-14/h4-6,8-11,13H,2-3,7,12H2,1H3,(H2,28,30,31,34). The summed E-state index contributed by atoms with van der Waals surface area (Å²) in [6.07, 6.45) is -2.20. The van der Waals surface area contributed by atoms with Gasteiger partial charge in [-0.2, -0.15) is 13.2 Å². The molecule has 0 saturated carbocycles. The third kappa shape index (κ3) is 6.53. The van der Waals surface area contributed by atoms with Crippen molar-refractivity contribution in [1.82, 2.24) is 10.3 Å². The van der Waals surface area contributed by atoms with Crippen LogP contribution < -0.4 is 15.4 Å². The number of carbonyl (C=O) groups excluding carboxylic acids is 1. The maximum absolute atomic E-state index is 14.2. The second-order valence-electron chi connectivity index (χ2n) is 7.17. The molecule has 0 unspecified atom stereocenters. The van der Waals surface area contributed by atoms with E-state index < -0.39 is 29.4 Å². The van der Waals surface area contributed by atoms with Gasteiger partial charge in [-0.15, -0.1) is 0 Å². The van der Waals surface area contributed by atoms with Crippen molar-refractivity contribution >= 4 is 28.9 Å². The van der Waals surface area contributed by atoms with Gasteiger partial charge in [-0.05, 0) is 42.9 Å². The number of unbranched alkanes of at least 4 members (excludes halogenated alkanes) is 2. The molecule has 0 fully saturated rings. The summed E-state index contributed by atoms with van der Waals surface area (Å²) in [4.78, 5) is 16.2. The van der Waals surface area contributed by atoms with Crippen molar-refractivity contribution in [2.75, 3.05) is 11.9 Å². The van der Waals surface area contributed by atoms with E-state index in [4.69, 9.17) is 21.4 Å². The molecule has 3 rings (SSSR count). The summed E-state index contributed by atoms with van der Waals surface area (Å²) in [5.41, 5.74) is -0.539. The Bertz CT molecular complexity index is 1150. The predicted octanol–water partition coefficient (Wildman–Crippen LogP) is 6.20. The minimum Gasteiger partial charge on any atom is -0.491 e. The maximum atomic E-state index is 14.2. The van der Waals surface area contributed by atoms with E-state index in [-0.39, 0.29) is 28.0 Å². The molecule has 11 heteroatoms. The normalized spacial score (nSPS) is 11.2. The largest absolute Gasteiger partial charge is 0.491 e. The topological polar surface area (TPSA) is 76.4 Å². The summed E-state index contributed by atoms with van der Waals surface area (Å²) >= 11 is 4.99. The molecular formula is C23H21F4N3O3S. The fourth-order valence-electron chi connectivity index (χ4n) is 2.92. The first-order valence-electron chi connectivity index (χ1n) is 10.4. The fourth-order valence-corrected chi connectivity index (χ4v) is 3.14. The van der Waals surface area contributed by atoms with E-state index in [1.54, 1.807) is 18.2 Å². The van der Waals surface area contributed by atoms with Crippen LogP contribution in [0.3, 0.4) is 0 Å². The zero-order valence-corrected chi connectivity index (χ0v) is 18.9. The summed E-state index contributed by atoms with van der Waals surface area (Å²) in [6.45, 7) is 2.41. The average Bonchev–Trinajstić information content (AvgIpc) is 3.25. The molecule has 1 heterocycles. The number of rotatable bonds is 8. The van der Waals surface area contributed by atoms with Crippen LogP contribution in [0.15, 0.2) is 52.9 Å². The number of thiocarbonyl (C=S) groups is 1. The highest BCUT2D eigenvalue weighted by Crippen LogP contribution is 2.35. The van der Waals surface area contributed by atoms with Gasteiger partial charge < -0.3 is 14.5 Å². The van der Waals surface area contributed by atoms with Crippen LogP contribution in [0.5, 0.6) is 5.75 Å². The van der Waals surface area contributed by atoms with Gasteiger partial charge in [-0.1, -0.05) is 38.0 Å². The van der Waals surface area contributed by atoms with E-state index in [0.29, 0.717) is 6.61 Å². The highest BCUT2D eigenvalue weighted by atomic mass is 32.1. The van der Waals surface area contributed by atoms with Gasteiger partial charge in [0.15, 0.2) is 22.4 Å². The summed E-state index contributed by atoms with van der Waals surface area (Å²) in [5.74, 6) is -3.75. The number of anilines is 1. The van der Waals surface area contributed by atoms with E-state index in [0.717, 1.165) is 25.3 Å². The molecule has 0 aliphatic carbocycles. The third-order valence-corrected chi connectivity index (χ3v) is 4.75. The van der Waals surface area contributed by atoms with Gasteiger partial charge in [0.25, 0.3) is 5.91 Å². The highest BCUT2D eigenvalue weighted by molar-refractivity contribution is 7.80. The fraction of sp³-hybridized carbons (Fsp3) is 0.261. The Kier molecular flexibility index (Phi) is 8.21.